The first-order chi connectivity index (χ1) is 12.7. The van der Waals surface area contributed by atoms with Crippen LogP contribution in [0.3, 0.4) is 0 Å². The Labute approximate surface area is 149 Å². The lowest BCUT2D eigenvalue weighted by Gasteiger charge is -2.12. The number of H-pyrrole nitrogens is 1. The molecule has 0 aliphatic carbocycles. The van der Waals surface area contributed by atoms with Crippen molar-refractivity contribution >= 4 is 16.6 Å². The molecule has 0 saturated carbocycles. The highest BCUT2D eigenvalue weighted by molar-refractivity contribution is 6.15. The van der Waals surface area contributed by atoms with Crippen LogP contribution in [0, 0.1) is 12.7 Å². The third kappa shape index (κ3) is 2.19. The summed E-state index contributed by atoms with van der Waals surface area (Å²) in [6.07, 6.45) is 0.786. The van der Waals surface area contributed by atoms with E-state index in [4.69, 9.17) is 4.99 Å². The fourth-order valence-electron chi connectivity index (χ4n) is 3.60. The third-order valence-corrected chi connectivity index (χ3v) is 4.86. The molecule has 0 bridgehead atoms. The average Bonchev–Trinajstić information content (AvgIpc) is 3.23. The van der Waals surface area contributed by atoms with Gasteiger partial charge in [0, 0.05) is 17.4 Å². The Morgan fingerprint density at radius 3 is 2.81 bits per heavy atom. The van der Waals surface area contributed by atoms with E-state index in [0.29, 0.717) is 6.54 Å². The number of hydrogen-bond acceptors (Lipinski definition) is 3. The van der Waals surface area contributed by atoms with Gasteiger partial charge in [0.15, 0.2) is 0 Å². The maximum atomic E-state index is 13.7. The Morgan fingerprint density at radius 2 is 1.96 bits per heavy atom. The van der Waals surface area contributed by atoms with E-state index in [1.54, 1.807) is 12.1 Å². The van der Waals surface area contributed by atoms with E-state index in [1.165, 1.54) is 6.07 Å². The van der Waals surface area contributed by atoms with Crippen LogP contribution in [-0.4, -0.2) is 32.2 Å². The lowest BCUT2D eigenvalue weighted by molar-refractivity contribution is 0.629. The quantitative estimate of drug-likeness (QED) is 0.603. The molecule has 0 fully saturated rings. The zero-order valence-corrected chi connectivity index (χ0v) is 14.2. The molecule has 2 aromatic heterocycles. The van der Waals surface area contributed by atoms with E-state index in [0.717, 1.165) is 51.4 Å². The van der Waals surface area contributed by atoms with Crippen LogP contribution in [0.5, 0.6) is 0 Å². The van der Waals surface area contributed by atoms with Crippen molar-refractivity contribution in [3.05, 3.63) is 77.0 Å². The molecule has 5 nitrogen and oxygen atoms in total. The molecule has 3 heterocycles. The van der Waals surface area contributed by atoms with E-state index in [-0.39, 0.29) is 5.82 Å². The normalized spacial score (nSPS) is 13.7. The number of nitrogens with zero attached hydrogens (tertiary/aromatic N) is 4. The van der Waals surface area contributed by atoms with Gasteiger partial charge in [-0.1, -0.05) is 23.4 Å². The van der Waals surface area contributed by atoms with Gasteiger partial charge in [0.25, 0.3) is 0 Å². The second kappa shape index (κ2) is 5.62. The van der Waals surface area contributed by atoms with Crippen molar-refractivity contribution in [2.75, 3.05) is 6.54 Å². The van der Waals surface area contributed by atoms with Crippen LogP contribution in [0.15, 0.2) is 53.5 Å². The lowest BCUT2D eigenvalue weighted by Crippen LogP contribution is -2.15. The number of aliphatic imine (C=N–C) groups is 1. The van der Waals surface area contributed by atoms with Gasteiger partial charge in [-0.15, -0.1) is 5.10 Å². The van der Waals surface area contributed by atoms with Gasteiger partial charge in [0.1, 0.15) is 17.2 Å². The summed E-state index contributed by atoms with van der Waals surface area (Å²) >= 11 is 0. The highest BCUT2D eigenvalue weighted by atomic mass is 19.1. The van der Waals surface area contributed by atoms with Crippen molar-refractivity contribution in [2.45, 2.75) is 13.3 Å². The maximum absolute atomic E-state index is 13.7. The molecule has 0 amide bonds. The van der Waals surface area contributed by atoms with Crippen molar-refractivity contribution in [1.82, 2.24) is 20.0 Å². The van der Waals surface area contributed by atoms with Crippen LogP contribution >= 0.6 is 0 Å². The van der Waals surface area contributed by atoms with Gasteiger partial charge in [0.05, 0.1) is 17.1 Å². The number of aromatic amines is 1. The Hall–Kier alpha value is -3.28. The first-order valence-electron chi connectivity index (χ1n) is 8.55. The number of benzene rings is 2. The summed E-state index contributed by atoms with van der Waals surface area (Å²) in [4.78, 5) is 8.10. The molecule has 6 heteroatoms. The molecule has 1 N–H and O–H groups in total. The van der Waals surface area contributed by atoms with E-state index in [2.05, 4.69) is 15.3 Å². The minimum atomic E-state index is -0.227. The molecule has 4 aromatic rings. The Morgan fingerprint density at radius 1 is 1.12 bits per heavy atom. The monoisotopic (exact) mass is 345 g/mol. The highest BCUT2D eigenvalue weighted by Gasteiger charge is 2.25. The molecular formula is C20H16FN5. The molecule has 1 aliphatic rings. The standard InChI is InChI=1S/C20H16FN5/c1-12-18(24-25-26(12)14-5-3-2-4-6-14)20-19-15(9-10-22-20)16-11-13(21)7-8-17(16)23-19/h2-8,11,23H,9-10H2,1H3. The summed E-state index contributed by atoms with van der Waals surface area (Å²) < 4.78 is 15.5. The van der Waals surface area contributed by atoms with Crippen molar-refractivity contribution in [2.24, 2.45) is 4.99 Å². The average molecular weight is 345 g/mol. The topological polar surface area (TPSA) is 58.9 Å². The highest BCUT2D eigenvalue weighted by Crippen LogP contribution is 2.29. The summed E-state index contributed by atoms with van der Waals surface area (Å²) in [5.74, 6) is -0.227. The molecular weight excluding hydrogens is 329 g/mol. The number of hydrogen-bond donors (Lipinski definition) is 1. The second-order valence-corrected chi connectivity index (χ2v) is 6.42. The number of fused-ring (bicyclic) bond motifs is 3. The zero-order chi connectivity index (χ0) is 17.7. The summed E-state index contributed by atoms with van der Waals surface area (Å²) in [5.41, 5.74) is 6.36. The Kier molecular flexibility index (Phi) is 3.25. The first-order valence-corrected chi connectivity index (χ1v) is 8.55. The smallest absolute Gasteiger partial charge is 0.136 e. The van der Waals surface area contributed by atoms with E-state index < -0.39 is 0 Å². The molecule has 5 rings (SSSR count). The molecule has 0 atom stereocenters. The van der Waals surface area contributed by atoms with E-state index in [9.17, 15) is 4.39 Å². The van der Waals surface area contributed by atoms with Crippen molar-refractivity contribution in [3.63, 3.8) is 0 Å². The number of nitrogens with one attached hydrogen (secondary N) is 1. The number of aromatic nitrogens is 4. The number of halogens is 1. The Balaban J connectivity index is 1.66. The SMILES string of the molecule is Cc1c(C2=NCCc3c2[nH]c2ccc(F)cc32)nnn1-c1ccccc1. The van der Waals surface area contributed by atoms with Gasteiger partial charge in [-0.05, 0) is 49.2 Å². The number of rotatable bonds is 2. The van der Waals surface area contributed by atoms with Crippen LogP contribution in [0.4, 0.5) is 4.39 Å². The molecule has 128 valence electrons. The lowest BCUT2D eigenvalue weighted by atomic mass is 10.00. The van der Waals surface area contributed by atoms with Gasteiger partial charge in [0.2, 0.25) is 0 Å². The molecule has 0 radical (unpaired) electrons. The number of para-hydroxylation sites is 1. The van der Waals surface area contributed by atoms with Crippen LogP contribution < -0.4 is 0 Å². The van der Waals surface area contributed by atoms with Gasteiger partial charge < -0.3 is 4.98 Å². The molecule has 2 aromatic carbocycles. The zero-order valence-electron chi connectivity index (χ0n) is 14.2. The van der Waals surface area contributed by atoms with Crippen LogP contribution in [0.25, 0.3) is 16.6 Å². The second-order valence-electron chi connectivity index (χ2n) is 6.42. The minimum Gasteiger partial charge on any atom is -0.353 e. The molecule has 0 spiro atoms. The van der Waals surface area contributed by atoms with Gasteiger partial charge >= 0.3 is 0 Å². The van der Waals surface area contributed by atoms with E-state index >= 15 is 0 Å². The molecule has 0 unspecified atom stereocenters. The van der Waals surface area contributed by atoms with Gasteiger partial charge in [-0.2, -0.15) is 0 Å². The summed E-state index contributed by atoms with van der Waals surface area (Å²) in [7, 11) is 0. The largest absolute Gasteiger partial charge is 0.353 e. The predicted molar refractivity (Wildman–Crippen MR) is 98.6 cm³/mol. The summed E-state index contributed by atoms with van der Waals surface area (Å²) in [6.45, 7) is 2.64. The molecule has 1 aliphatic heterocycles. The van der Waals surface area contributed by atoms with Crippen LogP contribution in [-0.2, 0) is 6.42 Å². The first kappa shape index (κ1) is 15.0. The molecule has 26 heavy (non-hydrogen) atoms. The maximum Gasteiger partial charge on any atom is 0.136 e. The predicted octanol–water partition coefficient (Wildman–Crippen LogP) is 3.59. The van der Waals surface area contributed by atoms with Gasteiger partial charge in [-0.25, -0.2) is 9.07 Å². The van der Waals surface area contributed by atoms with Crippen LogP contribution in [0.1, 0.15) is 22.6 Å². The molecule has 0 saturated heterocycles. The van der Waals surface area contributed by atoms with Crippen molar-refractivity contribution < 1.29 is 4.39 Å². The minimum absolute atomic E-state index is 0.227. The van der Waals surface area contributed by atoms with Gasteiger partial charge in [-0.3, -0.25) is 4.99 Å². The fourth-order valence-corrected chi connectivity index (χ4v) is 3.60. The van der Waals surface area contributed by atoms with E-state index in [1.807, 2.05) is 41.9 Å². The van der Waals surface area contributed by atoms with Crippen LogP contribution in [0.2, 0.25) is 0 Å². The summed E-state index contributed by atoms with van der Waals surface area (Å²) in [6, 6.07) is 14.7. The summed E-state index contributed by atoms with van der Waals surface area (Å²) in [5, 5.41) is 9.62. The van der Waals surface area contributed by atoms with Crippen molar-refractivity contribution in [1.29, 1.82) is 0 Å². The van der Waals surface area contributed by atoms with Crippen molar-refractivity contribution in [3.8, 4) is 5.69 Å². The Bertz CT molecular complexity index is 1150. The fraction of sp³-hybridized carbons (Fsp3) is 0.150. The third-order valence-electron chi connectivity index (χ3n) is 4.86.